The molecule has 0 aliphatic heterocycles. The summed E-state index contributed by atoms with van der Waals surface area (Å²) in [6.45, 7) is 0.0891. The SMILES string of the molecule is CN(C)S(=O)(=O)c1ccc(C(=O)N(CCO)C2CCC2)o1. The van der Waals surface area contributed by atoms with Crippen molar-refractivity contribution in [2.75, 3.05) is 27.2 Å². The van der Waals surface area contributed by atoms with Gasteiger partial charge in [0.15, 0.2) is 5.76 Å². The molecule has 1 aliphatic rings. The van der Waals surface area contributed by atoms with E-state index in [2.05, 4.69) is 0 Å². The number of carbonyl (C=O) groups excluding carboxylic acids is 1. The molecule has 0 atom stereocenters. The third-order valence-corrected chi connectivity index (χ3v) is 5.33. The van der Waals surface area contributed by atoms with E-state index >= 15 is 0 Å². The van der Waals surface area contributed by atoms with Gasteiger partial charge in [-0.15, -0.1) is 0 Å². The number of aliphatic hydroxyl groups is 1. The van der Waals surface area contributed by atoms with Gasteiger partial charge in [-0.05, 0) is 31.4 Å². The number of hydrogen-bond donors (Lipinski definition) is 1. The van der Waals surface area contributed by atoms with Gasteiger partial charge in [-0.25, -0.2) is 12.7 Å². The second kappa shape index (κ2) is 6.17. The zero-order valence-corrected chi connectivity index (χ0v) is 13.0. The summed E-state index contributed by atoms with van der Waals surface area (Å²) in [6, 6.07) is 2.74. The van der Waals surface area contributed by atoms with Crippen LogP contribution >= 0.6 is 0 Å². The molecule has 1 heterocycles. The summed E-state index contributed by atoms with van der Waals surface area (Å²) in [4.78, 5) is 13.9. The van der Waals surface area contributed by atoms with Crippen molar-refractivity contribution in [2.24, 2.45) is 0 Å². The van der Waals surface area contributed by atoms with Crippen LogP contribution in [0.25, 0.3) is 0 Å². The van der Waals surface area contributed by atoms with E-state index in [1.165, 1.54) is 26.2 Å². The molecule has 0 bridgehead atoms. The standard InChI is InChI=1S/C13H20N2O5S/c1-14(2)21(18,19)12-7-6-11(20-12)13(17)15(8-9-16)10-4-3-5-10/h6-7,10,16H,3-5,8-9H2,1-2H3. The summed E-state index contributed by atoms with van der Waals surface area (Å²) < 4.78 is 30.1. The van der Waals surface area contributed by atoms with Gasteiger partial charge in [0.2, 0.25) is 5.09 Å². The first-order valence-corrected chi connectivity index (χ1v) is 8.26. The average Bonchev–Trinajstić information content (AvgIpc) is 2.85. The van der Waals surface area contributed by atoms with Crippen molar-refractivity contribution in [1.29, 1.82) is 0 Å². The average molecular weight is 316 g/mol. The lowest BCUT2D eigenvalue weighted by Gasteiger charge is -2.36. The number of amides is 1. The predicted molar refractivity (Wildman–Crippen MR) is 75.3 cm³/mol. The Balaban J connectivity index is 2.21. The molecule has 1 N–H and O–H groups in total. The van der Waals surface area contributed by atoms with Crippen LogP contribution < -0.4 is 0 Å². The van der Waals surface area contributed by atoms with E-state index in [0.29, 0.717) is 0 Å². The zero-order valence-electron chi connectivity index (χ0n) is 12.2. The van der Waals surface area contributed by atoms with Gasteiger partial charge in [0.25, 0.3) is 15.9 Å². The van der Waals surface area contributed by atoms with Crippen LogP contribution in [0.5, 0.6) is 0 Å². The molecule has 0 unspecified atom stereocenters. The van der Waals surface area contributed by atoms with Crippen LogP contribution in [0, 0.1) is 0 Å². The minimum atomic E-state index is -3.69. The maximum absolute atomic E-state index is 12.4. The van der Waals surface area contributed by atoms with Gasteiger partial charge < -0.3 is 14.4 Å². The number of rotatable bonds is 6. The Labute approximate surface area is 124 Å². The smallest absolute Gasteiger partial charge is 0.289 e. The molecule has 0 radical (unpaired) electrons. The van der Waals surface area contributed by atoms with Gasteiger partial charge >= 0.3 is 0 Å². The first-order chi connectivity index (χ1) is 9.87. The molecular formula is C13H20N2O5S. The largest absolute Gasteiger partial charge is 0.438 e. The summed E-state index contributed by atoms with van der Waals surface area (Å²) in [6.07, 6.45) is 2.85. The van der Waals surface area contributed by atoms with E-state index in [9.17, 15) is 13.2 Å². The molecule has 1 amide bonds. The van der Waals surface area contributed by atoms with Crippen molar-refractivity contribution in [3.63, 3.8) is 0 Å². The van der Waals surface area contributed by atoms with Gasteiger partial charge in [0, 0.05) is 26.7 Å². The highest BCUT2D eigenvalue weighted by Gasteiger charge is 2.31. The summed E-state index contributed by atoms with van der Waals surface area (Å²) in [7, 11) is -0.904. The number of carbonyl (C=O) groups is 1. The molecule has 1 aliphatic carbocycles. The number of nitrogens with zero attached hydrogens (tertiary/aromatic N) is 2. The Morgan fingerprint density at radius 1 is 1.38 bits per heavy atom. The van der Waals surface area contributed by atoms with Gasteiger partial charge in [0.05, 0.1) is 6.61 Å². The molecule has 118 valence electrons. The van der Waals surface area contributed by atoms with Crippen LogP contribution in [0.2, 0.25) is 0 Å². The second-order valence-electron chi connectivity index (χ2n) is 5.21. The highest BCUT2D eigenvalue weighted by atomic mass is 32.2. The highest BCUT2D eigenvalue weighted by Crippen LogP contribution is 2.27. The van der Waals surface area contributed by atoms with E-state index in [-0.39, 0.29) is 36.0 Å². The maximum atomic E-state index is 12.4. The molecule has 0 aromatic carbocycles. The van der Waals surface area contributed by atoms with Crippen molar-refractivity contribution >= 4 is 15.9 Å². The molecule has 0 saturated heterocycles. The van der Waals surface area contributed by atoms with E-state index < -0.39 is 10.0 Å². The molecule has 7 nitrogen and oxygen atoms in total. The monoisotopic (exact) mass is 316 g/mol. The number of furan rings is 1. The molecule has 1 aromatic rings. The lowest BCUT2D eigenvalue weighted by atomic mass is 9.91. The van der Waals surface area contributed by atoms with E-state index in [4.69, 9.17) is 9.52 Å². The molecule has 2 rings (SSSR count). The summed E-state index contributed by atoms with van der Waals surface area (Å²) in [5.74, 6) is -0.398. The molecule has 21 heavy (non-hydrogen) atoms. The summed E-state index contributed by atoms with van der Waals surface area (Å²) in [5, 5.41) is 8.83. The third kappa shape index (κ3) is 3.12. The van der Waals surface area contributed by atoms with Gasteiger partial charge in [-0.1, -0.05) is 0 Å². The molecule has 8 heteroatoms. The lowest BCUT2D eigenvalue weighted by Crippen LogP contribution is -2.45. The Bertz CT molecular complexity index is 604. The summed E-state index contributed by atoms with van der Waals surface area (Å²) in [5.41, 5.74) is 0. The predicted octanol–water partition coefficient (Wildman–Crippen LogP) is 0.517. The van der Waals surface area contributed by atoms with Crippen molar-refractivity contribution in [2.45, 2.75) is 30.4 Å². The molecule has 0 spiro atoms. The Kier molecular flexibility index (Phi) is 4.70. The van der Waals surface area contributed by atoms with Crippen LogP contribution in [0.3, 0.4) is 0 Å². The number of hydrogen-bond acceptors (Lipinski definition) is 5. The number of aliphatic hydroxyl groups excluding tert-OH is 1. The molecule has 1 aromatic heterocycles. The van der Waals surface area contributed by atoms with E-state index in [0.717, 1.165) is 23.6 Å². The van der Waals surface area contributed by atoms with Gasteiger partial charge in [-0.3, -0.25) is 4.79 Å². The fraction of sp³-hybridized carbons (Fsp3) is 0.615. The normalized spacial score (nSPS) is 16.0. The van der Waals surface area contributed by atoms with Crippen LogP contribution in [0.1, 0.15) is 29.8 Å². The Hall–Kier alpha value is -1.38. The van der Waals surface area contributed by atoms with Crippen LogP contribution in [-0.4, -0.2) is 61.9 Å². The first kappa shape index (κ1) is 16.0. The van der Waals surface area contributed by atoms with E-state index in [1.807, 2.05) is 0 Å². The van der Waals surface area contributed by atoms with Crippen molar-refractivity contribution < 1.29 is 22.7 Å². The van der Waals surface area contributed by atoms with Crippen LogP contribution in [0.15, 0.2) is 21.6 Å². The zero-order chi connectivity index (χ0) is 15.6. The Morgan fingerprint density at radius 3 is 2.52 bits per heavy atom. The minimum absolute atomic E-state index is 0.0178. The van der Waals surface area contributed by atoms with Crippen molar-refractivity contribution in [3.05, 3.63) is 17.9 Å². The fourth-order valence-corrected chi connectivity index (χ4v) is 2.95. The molecule has 1 fully saturated rings. The lowest BCUT2D eigenvalue weighted by molar-refractivity contribution is 0.0489. The minimum Gasteiger partial charge on any atom is -0.438 e. The Morgan fingerprint density at radius 2 is 2.05 bits per heavy atom. The highest BCUT2D eigenvalue weighted by molar-refractivity contribution is 7.88. The number of sulfonamides is 1. The third-order valence-electron chi connectivity index (χ3n) is 3.64. The van der Waals surface area contributed by atoms with Gasteiger partial charge in [0.1, 0.15) is 0 Å². The first-order valence-electron chi connectivity index (χ1n) is 6.82. The van der Waals surface area contributed by atoms with Crippen molar-refractivity contribution in [3.8, 4) is 0 Å². The van der Waals surface area contributed by atoms with Crippen molar-refractivity contribution in [1.82, 2.24) is 9.21 Å². The topological polar surface area (TPSA) is 91.1 Å². The molecule has 1 saturated carbocycles. The maximum Gasteiger partial charge on any atom is 0.289 e. The van der Waals surface area contributed by atoms with E-state index in [1.54, 1.807) is 4.90 Å². The fourth-order valence-electron chi connectivity index (χ4n) is 2.15. The summed E-state index contributed by atoms with van der Waals surface area (Å²) >= 11 is 0. The van der Waals surface area contributed by atoms with Crippen LogP contribution in [0.4, 0.5) is 0 Å². The van der Waals surface area contributed by atoms with Gasteiger partial charge in [-0.2, -0.15) is 0 Å². The second-order valence-corrected chi connectivity index (χ2v) is 7.30. The molecular weight excluding hydrogens is 296 g/mol. The van der Waals surface area contributed by atoms with Crippen LogP contribution in [-0.2, 0) is 10.0 Å². The quantitative estimate of drug-likeness (QED) is 0.826.